The van der Waals surface area contributed by atoms with Crippen molar-refractivity contribution in [1.82, 2.24) is 0 Å². The Labute approximate surface area is 147 Å². The minimum absolute atomic E-state index is 0.582. The number of hydrogen-bond donors (Lipinski definition) is 1. The topological polar surface area (TPSA) is 20.2 Å². The van der Waals surface area contributed by atoms with Crippen LogP contribution in [0.15, 0.2) is 69.6 Å². The van der Waals surface area contributed by atoms with Gasteiger partial charge in [-0.15, -0.1) is 0 Å². The molecule has 0 heterocycles. The van der Waals surface area contributed by atoms with E-state index < -0.39 is 6.10 Å². The molecule has 0 fully saturated rings. The van der Waals surface area contributed by atoms with Crippen LogP contribution in [0.25, 0.3) is 0 Å². The van der Waals surface area contributed by atoms with Crippen molar-refractivity contribution < 1.29 is 5.11 Å². The molecule has 22 heavy (non-hydrogen) atoms. The minimum atomic E-state index is -0.839. The third-order valence-corrected chi connectivity index (χ3v) is 3.54. The molecule has 1 atom stereocenters. The summed E-state index contributed by atoms with van der Waals surface area (Å²) in [6.45, 7) is 0. The van der Waals surface area contributed by atoms with Crippen LogP contribution in [0.3, 0.4) is 0 Å². The number of aliphatic hydroxyl groups is 1. The first-order valence-electron chi connectivity index (χ1n) is 6.53. The van der Waals surface area contributed by atoms with Crippen LogP contribution >= 0.6 is 31.9 Å². The highest BCUT2D eigenvalue weighted by molar-refractivity contribution is 9.28. The molecule has 1 unspecified atom stereocenters. The van der Waals surface area contributed by atoms with Crippen molar-refractivity contribution in [2.45, 2.75) is 6.10 Å². The summed E-state index contributed by atoms with van der Waals surface area (Å²) in [5.74, 6) is 11.7. The number of benzene rings is 2. The summed E-state index contributed by atoms with van der Waals surface area (Å²) in [4.78, 5) is 0. The van der Waals surface area contributed by atoms with Gasteiger partial charge in [0.25, 0.3) is 0 Å². The van der Waals surface area contributed by atoms with E-state index in [1.54, 1.807) is 0 Å². The number of allylic oxidation sites excluding steroid dienone is 1. The molecule has 1 N–H and O–H groups in total. The molecule has 0 bridgehead atoms. The van der Waals surface area contributed by atoms with Gasteiger partial charge in [-0.1, -0.05) is 72.2 Å². The van der Waals surface area contributed by atoms with Crippen LogP contribution < -0.4 is 0 Å². The van der Waals surface area contributed by atoms with Crippen molar-refractivity contribution >= 4 is 31.9 Å². The van der Waals surface area contributed by atoms with Gasteiger partial charge in [0.05, 0.1) is 8.96 Å². The van der Waals surface area contributed by atoms with E-state index in [1.165, 1.54) is 0 Å². The Morgan fingerprint density at radius 3 is 2.05 bits per heavy atom. The standard InChI is InChI=1S/C19H12Br2O/c20-19(21)17(12-11-15-7-3-1-4-8-15)13-14-18(22)16-9-5-2-6-10-16/h1-10,18,22H. The van der Waals surface area contributed by atoms with E-state index in [0.717, 1.165) is 11.1 Å². The lowest BCUT2D eigenvalue weighted by Gasteiger charge is -2.01. The maximum atomic E-state index is 10.1. The summed E-state index contributed by atoms with van der Waals surface area (Å²) < 4.78 is 0.663. The van der Waals surface area contributed by atoms with E-state index in [0.29, 0.717) is 8.96 Å². The third kappa shape index (κ3) is 5.20. The van der Waals surface area contributed by atoms with Crippen LogP contribution in [0, 0.1) is 23.7 Å². The minimum Gasteiger partial charge on any atom is -0.376 e. The van der Waals surface area contributed by atoms with Crippen molar-refractivity contribution in [3.63, 3.8) is 0 Å². The number of hydrogen-bond acceptors (Lipinski definition) is 1. The number of aliphatic hydroxyl groups excluding tert-OH is 1. The molecule has 108 valence electrons. The maximum Gasteiger partial charge on any atom is 0.140 e. The lowest BCUT2D eigenvalue weighted by Crippen LogP contribution is -1.92. The van der Waals surface area contributed by atoms with Gasteiger partial charge in [0.1, 0.15) is 6.10 Å². The Kier molecular flexibility index (Phi) is 6.49. The van der Waals surface area contributed by atoms with E-state index in [1.807, 2.05) is 60.7 Å². The first-order chi connectivity index (χ1) is 10.7. The van der Waals surface area contributed by atoms with Crippen molar-refractivity contribution in [3.8, 4) is 23.7 Å². The highest BCUT2D eigenvalue weighted by Crippen LogP contribution is 2.19. The number of rotatable bonds is 1. The fourth-order valence-electron chi connectivity index (χ4n) is 1.64. The van der Waals surface area contributed by atoms with Gasteiger partial charge >= 0.3 is 0 Å². The largest absolute Gasteiger partial charge is 0.376 e. The van der Waals surface area contributed by atoms with Crippen molar-refractivity contribution in [2.24, 2.45) is 0 Å². The molecule has 0 aliphatic rings. The Morgan fingerprint density at radius 2 is 1.45 bits per heavy atom. The van der Waals surface area contributed by atoms with Crippen LogP contribution in [-0.2, 0) is 0 Å². The molecule has 0 spiro atoms. The van der Waals surface area contributed by atoms with Gasteiger partial charge in [0, 0.05) is 5.56 Å². The Hall–Kier alpha value is -1.78. The second-order valence-electron chi connectivity index (χ2n) is 4.33. The summed E-state index contributed by atoms with van der Waals surface area (Å²) in [5, 5.41) is 10.1. The quantitative estimate of drug-likeness (QED) is 0.664. The first-order valence-corrected chi connectivity index (χ1v) is 8.12. The van der Waals surface area contributed by atoms with E-state index in [-0.39, 0.29) is 0 Å². The van der Waals surface area contributed by atoms with Gasteiger partial charge in [0.15, 0.2) is 0 Å². The predicted molar refractivity (Wildman–Crippen MR) is 97.4 cm³/mol. The summed E-state index contributed by atoms with van der Waals surface area (Å²) in [7, 11) is 0. The average molecular weight is 416 g/mol. The molecule has 0 saturated carbocycles. The molecule has 0 aromatic heterocycles. The van der Waals surface area contributed by atoms with Gasteiger partial charge in [-0.25, -0.2) is 0 Å². The van der Waals surface area contributed by atoms with Crippen molar-refractivity contribution in [3.05, 3.63) is 80.8 Å². The predicted octanol–water partition coefficient (Wildman–Crippen LogP) is 4.78. The fraction of sp³-hybridized carbons (Fsp3) is 0.0526. The first kappa shape index (κ1) is 16.6. The molecular formula is C19H12Br2O. The lowest BCUT2D eigenvalue weighted by atomic mass is 10.1. The summed E-state index contributed by atoms with van der Waals surface area (Å²) in [6.07, 6.45) is -0.839. The lowest BCUT2D eigenvalue weighted by molar-refractivity contribution is 0.238. The zero-order valence-corrected chi connectivity index (χ0v) is 14.7. The van der Waals surface area contributed by atoms with E-state index >= 15 is 0 Å². The molecule has 0 saturated heterocycles. The molecular weight excluding hydrogens is 404 g/mol. The van der Waals surface area contributed by atoms with Gasteiger partial charge in [-0.2, -0.15) is 0 Å². The van der Waals surface area contributed by atoms with E-state index in [2.05, 4.69) is 55.5 Å². The fourth-order valence-corrected chi connectivity index (χ4v) is 2.04. The second kappa shape index (κ2) is 8.61. The Morgan fingerprint density at radius 1 is 0.864 bits per heavy atom. The maximum absolute atomic E-state index is 10.1. The SMILES string of the molecule is OC(C#CC(C#Cc1ccccc1)=C(Br)Br)c1ccccc1. The van der Waals surface area contributed by atoms with Crippen LogP contribution in [-0.4, -0.2) is 5.11 Å². The molecule has 2 aromatic rings. The molecule has 0 aliphatic heterocycles. The van der Waals surface area contributed by atoms with Crippen molar-refractivity contribution in [1.29, 1.82) is 0 Å². The molecule has 0 radical (unpaired) electrons. The van der Waals surface area contributed by atoms with Gasteiger partial charge in [0.2, 0.25) is 0 Å². The summed E-state index contributed by atoms with van der Waals surface area (Å²) in [6, 6.07) is 19.0. The monoisotopic (exact) mass is 414 g/mol. The van der Waals surface area contributed by atoms with Gasteiger partial charge in [-0.3, -0.25) is 0 Å². The highest BCUT2D eigenvalue weighted by Gasteiger charge is 2.02. The molecule has 0 aliphatic carbocycles. The molecule has 2 rings (SSSR count). The van der Waals surface area contributed by atoms with Crippen LogP contribution in [0.2, 0.25) is 0 Å². The van der Waals surface area contributed by atoms with E-state index in [4.69, 9.17) is 0 Å². The Bertz CT molecular complexity index is 768. The second-order valence-corrected chi connectivity index (χ2v) is 6.98. The van der Waals surface area contributed by atoms with E-state index in [9.17, 15) is 5.11 Å². The zero-order valence-electron chi connectivity index (χ0n) is 11.6. The molecule has 2 aromatic carbocycles. The number of halogens is 2. The smallest absolute Gasteiger partial charge is 0.140 e. The van der Waals surface area contributed by atoms with Crippen LogP contribution in [0.4, 0.5) is 0 Å². The summed E-state index contributed by atoms with van der Waals surface area (Å²) in [5.41, 5.74) is 2.25. The van der Waals surface area contributed by atoms with Crippen molar-refractivity contribution in [2.75, 3.05) is 0 Å². The highest BCUT2D eigenvalue weighted by atomic mass is 79.9. The normalized spacial score (nSPS) is 10.5. The zero-order chi connectivity index (χ0) is 15.8. The third-order valence-electron chi connectivity index (χ3n) is 2.74. The van der Waals surface area contributed by atoms with Gasteiger partial charge in [-0.05, 0) is 49.6 Å². The molecule has 3 heteroatoms. The Balaban J connectivity index is 2.21. The molecule has 1 nitrogen and oxygen atoms in total. The summed E-state index contributed by atoms with van der Waals surface area (Å²) >= 11 is 6.66. The van der Waals surface area contributed by atoms with Crippen LogP contribution in [0.1, 0.15) is 17.2 Å². The van der Waals surface area contributed by atoms with Crippen LogP contribution in [0.5, 0.6) is 0 Å². The molecule has 0 amide bonds. The average Bonchev–Trinajstić information content (AvgIpc) is 2.56. The van der Waals surface area contributed by atoms with Gasteiger partial charge < -0.3 is 5.11 Å².